The van der Waals surface area contributed by atoms with Gasteiger partial charge in [0.05, 0.1) is 41.7 Å². The van der Waals surface area contributed by atoms with Gasteiger partial charge in [-0.15, -0.1) is 0 Å². The highest BCUT2D eigenvalue weighted by atomic mass is 79.9. The summed E-state index contributed by atoms with van der Waals surface area (Å²) >= 11 is 5.37. The maximum Gasteiger partial charge on any atom is 0.186 e. The maximum absolute atomic E-state index is 5.82. The molecule has 0 unspecified atom stereocenters. The molecule has 1 fully saturated rings. The summed E-state index contributed by atoms with van der Waals surface area (Å²) in [6.07, 6.45) is 3.87. The minimum absolute atomic E-state index is 0. The van der Waals surface area contributed by atoms with E-state index < -0.39 is 0 Å². The predicted octanol–water partition coefficient (Wildman–Crippen LogP) is 5.21. The molecule has 0 amide bonds. The van der Waals surface area contributed by atoms with Crippen molar-refractivity contribution in [1.29, 1.82) is 0 Å². The second-order valence-electron chi connectivity index (χ2n) is 8.25. The Labute approximate surface area is 184 Å². The number of aromatic nitrogens is 3. The highest BCUT2D eigenvalue weighted by molar-refractivity contribution is 9.10. The minimum Gasteiger partial charge on any atom is -0.377 e. The van der Waals surface area contributed by atoms with Gasteiger partial charge in [-0.2, -0.15) is 5.10 Å². The zero-order chi connectivity index (χ0) is 19.3. The molecule has 1 aliphatic carbocycles. The van der Waals surface area contributed by atoms with Crippen LogP contribution < -0.4 is 4.90 Å². The highest BCUT2D eigenvalue weighted by Gasteiger charge is 2.36. The van der Waals surface area contributed by atoms with E-state index in [1.807, 2.05) is 6.20 Å². The van der Waals surface area contributed by atoms with E-state index in [1.165, 1.54) is 21.7 Å². The van der Waals surface area contributed by atoms with Gasteiger partial charge >= 0.3 is 0 Å². The van der Waals surface area contributed by atoms with E-state index in [0.29, 0.717) is 6.04 Å². The monoisotopic (exact) mass is 474 g/mol. The number of nitrogens with one attached hydrogen (secondary N) is 1. The van der Waals surface area contributed by atoms with Crippen molar-refractivity contribution < 1.29 is 4.74 Å². The fourth-order valence-electron chi connectivity index (χ4n) is 4.28. The number of ether oxygens (including phenoxy) is 1. The molecule has 1 N–H and O–H groups in total. The quantitative estimate of drug-likeness (QED) is 0.565. The number of H-pyrrole nitrogens is 1. The molecule has 0 radical (unpaired) electrons. The predicted molar refractivity (Wildman–Crippen MR) is 123 cm³/mol. The normalized spacial score (nSPS) is 20.0. The number of thiazole rings is 1. The third-order valence-corrected chi connectivity index (χ3v) is 7.37. The van der Waals surface area contributed by atoms with Crippen LogP contribution in [0.25, 0.3) is 10.6 Å². The summed E-state index contributed by atoms with van der Waals surface area (Å²) in [5.41, 5.74) is 5.00. The molecule has 29 heavy (non-hydrogen) atoms. The smallest absolute Gasteiger partial charge is 0.186 e. The van der Waals surface area contributed by atoms with Crippen LogP contribution in [-0.4, -0.2) is 41.0 Å². The van der Waals surface area contributed by atoms with Gasteiger partial charge in [0, 0.05) is 23.0 Å². The average Bonchev–Trinajstić information content (AvgIpc) is 3.29. The standard InChI is InChI=1S/C21H23BrN4OS.CH4/c1-21(2)10-17-19(18-16(21)11-23-25-18)28-20(24-17)26-6-7-27-12-15(26)9-13-4-3-5-14(22)8-13;/h3-5,8,11,15H,6-7,9-10,12H2,1-2H3,(H,23,25);1H4/t15-;/m0./s1. The lowest BCUT2D eigenvalue weighted by atomic mass is 9.77. The van der Waals surface area contributed by atoms with E-state index in [0.717, 1.165) is 47.9 Å². The first-order chi connectivity index (χ1) is 13.5. The van der Waals surface area contributed by atoms with Crippen LogP contribution in [0.1, 0.15) is 38.1 Å². The Hall–Kier alpha value is -1.70. The van der Waals surface area contributed by atoms with Gasteiger partial charge in [-0.05, 0) is 29.5 Å². The number of hydrogen-bond donors (Lipinski definition) is 1. The van der Waals surface area contributed by atoms with Crippen molar-refractivity contribution >= 4 is 32.4 Å². The molecule has 1 aromatic carbocycles. The number of nitrogens with zero attached hydrogens (tertiary/aromatic N) is 3. The Morgan fingerprint density at radius 2 is 2.24 bits per heavy atom. The van der Waals surface area contributed by atoms with E-state index in [9.17, 15) is 0 Å². The van der Waals surface area contributed by atoms with Crippen molar-refractivity contribution in [1.82, 2.24) is 15.2 Å². The van der Waals surface area contributed by atoms with Crippen molar-refractivity contribution in [2.24, 2.45) is 0 Å². The molecule has 0 bridgehead atoms. The first-order valence-electron chi connectivity index (χ1n) is 9.64. The largest absolute Gasteiger partial charge is 0.377 e. The van der Waals surface area contributed by atoms with Crippen molar-refractivity contribution in [2.75, 3.05) is 24.7 Å². The van der Waals surface area contributed by atoms with Crippen LogP contribution in [0.3, 0.4) is 0 Å². The molecule has 2 aliphatic rings. The number of fused-ring (bicyclic) bond motifs is 3. The van der Waals surface area contributed by atoms with Gasteiger partial charge in [-0.3, -0.25) is 5.10 Å². The van der Waals surface area contributed by atoms with Crippen molar-refractivity contribution in [3.8, 4) is 10.6 Å². The van der Waals surface area contributed by atoms with Gasteiger partial charge in [0.1, 0.15) is 0 Å². The molecule has 1 saturated heterocycles. The van der Waals surface area contributed by atoms with Gasteiger partial charge < -0.3 is 9.64 Å². The number of morpholine rings is 1. The van der Waals surface area contributed by atoms with Crippen LogP contribution in [0.5, 0.6) is 0 Å². The Balaban J connectivity index is 0.00000205. The molecule has 0 spiro atoms. The fourth-order valence-corrected chi connectivity index (χ4v) is 5.91. The molecule has 154 valence electrons. The third kappa shape index (κ3) is 3.76. The molecule has 1 atom stereocenters. The highest BCUT2D eigenvalue weighted by Crippen LogP contribution is 2.46. The molecule has 3 heterocycles. The first kappa shape index (κ1) is 20.6. The number of hydrogen-bond acceptors (Lipinski definition) is 5. The van der Waals surface area contributed by atoms with Crippen molar-refractivity contribution in [3.05, 3.63) is 51.8 Å². The number of rotatable bonds is 3. The number of benzene rings is 1. The SMILES string of the molecule is C.CC1(C)Cc2nc(N3CCOC[C@@H]3Cc3cccc(Br)c3)sc2-c2[nH]ncc21. The molecular weight excluding hydrogens is 448 g/mol. The van der Waals surface area contributed by atoms with Crippen molar-refractivity contribution in [3.63, 3.8) is 0 Å². The molecule has 1 aliphatic heterocycles. The summed E-state index contributed by atoms with van der Waals surface area (Å²) in [6.45, 7) is 6.91. The van der Waals surface area contributed by atoms with Gasteiger partial charge in [-0.25, -0.2) is 4.98 Å². The lowest BCUT2D eigenvalue weighted by Crippen LogP contribution is -2.46. The Bertz CT molecular complexity index is 1010. The average molecular weight is 475 g/mol. The lowest BCUT2D eigenvalue weighted by Gasteiger charge is -2.35. The number of halogens is 1. The van der Waals surface area contributed by atoms with Crippen LogP contribution in [0.2, 0.25) is 0 Å². The van der Waals surface area contributed by atoms with E-state index in [2.05, 4.69) is 69.1 Å². The Morgan fingerprint density at radius 3 is 3.07 bits per heavy atom. The second-order valence-corrected chi connectivity index (χ2v) is 10.1. The first-order valence-corrected chi connectivity index (χ1v) is 11.2. The molecule has 7 heteroatoms. The summed E-state index contributed by atoms with van der Waals surface area (Å²) in [5.74, 6) is 0. The van der Waals surface area contributed by atoms with Crippen LogP contribution in [0, 0.1) is 0 Å². The molecule has 0 saturated carbocycles. The van der Waals surface area contributed by atoms with Gasteiger partial charge in [-0.1, -0.05) is 60.7 Å². The fraction of sp³-hybridized carbons (Fsp3) is 0.455. The molecule has 5 rings (SSSR count). The van der Waals surface area contributed by atoms with Crippen molar-refractivity contribution in [2.45, 2.75) is 45.6 Å². The van der Waals surface area contributed by atoms with Crippen LogP contribution in [0.4, 0.5) is 5.13 Å². The summed E-state index contributed by atoms with van der Waals surface area (Å²) in [7, 11) is 0. The van der Waals surface area contributed by atoms with E-state index in [4.69, 9.17) is 9.72 Å². The summed E-state index contributed by atoms with van der Waals surface area (Å²) < 4.78 is 6.94. The van der Waals surface area contributed by atoms with Gasteiger partial charge in [0.2, 0.25) is 0 Å². The van der Waals surface area contributed by atoms with E-state index in [-0.39, 0.29) is 12.8 Å². The molecule has 3 aromatic rings. The number of anilines is 1. The Kier molecular flexibility index (Phi) is 5.57. The zero-order valence-corrected chi connectivity index (χ0v) is 18.4. The lowest BCUT2D eigenvalue weighted by molar-refractivity contribution is 0.0940. The number of aromatic amines is 1. The summed E-state index contributed by atoms with van der Waals surface area (Å²) in [4.78, 5) is 8.78. The molecule has 2 aromatic heterocycles. The molecular formula is C22H27BrN4OS. The molecule has 5 nitrogen and oxygen atoms in total. The topological polar surface area (TPSA) is 54.0 Å². The second kappa shape index (κ2) is 7.85. The van der Waals surface area contributed by atoms with Gasteiger partial charge in [0.15, 0.2) is 5.13 Å². The van der Waals surface area contributed by atoms with Gasteiger partial charge in [0.25, 0.3) is 0 Å². The summed E-state index contributed by atoms with van der Waals surface area (Å²) in [5, 5.41) is 8.63. The Morgan fingerprint density at radius 1 is 1.38 bits per heavy atom. The maximum atomic E-state index is 5.82. The van der Waals surface area contributed by atoms with Crippen LogP contribution in [0.15, 0.2) is 34.9 Å². The summed E-state index contributed by atoms with van der Waals surface area (Å²) in [6, 6.07) is 8.84. The minimum atomic E-state index is 0. The third-order valence-electron chi connectivity index (χ3n) is 5.72. The van der Waals surface area contributed by atoms with Crippen LogP contribution in [-0.2, 0) is 23.0 Å². The van der Waals surface area contributed by atoms with E-state index in [1.54, 1.807) is 11.3 Å². The zero-order valence-electron chi connectivity index (χ0n) is 16.0. The van der Waals surface area contributed by atoms with E-state index >= 15 is 0 Å². The van der Waals surface area contributed by atoms with Crippen LogP contribution >= 0.6 is 27.3 Å².